The Morgan fingerprint density at radius 3 is 2.59 bits per heavy atom. The fourth-order valence-electron chi connectivity index (χ4n) is 2.82. The van der Waals surface area contributed by atoms with Gasteiger partial charge in [-0.05, 0) is 17.7 Å². The van der Waals surface area contributed by atoms with Crippen LogP contribution in [0.3, 0.4) is 0 Å². The molecule has 1 aromatic heterocycles. The number of pyridine rings is 1. The maximum atomic E-state index is 12.3. The highest BCUT2D eigenvalue weighted by Crippen LogP contribution is 2.04. The Bertz CT molecular complexity index is 761. The first kappa shape index (κ1) is 19.0. The number of rotatable bonds is 7. The van der Waals surface area contributed by atoms with Crippen molar-refractivity contribution < 1.29 is 14.3 Å². The SMILES string of the molecule is O=C(NCc1ccccc1)c1ccnc(C(=O)NCCN2CCOCC2)c1. The second-order valence-electron chi connectivity index (χ2n) is 6.31. The summed E-state index contributed by atoms with van der Waals surface area (Å²) in [6.45, 7) is 4.96. The number of nitrogens with zero attached hydrogens (tertiary/aromatic N) is 2. The maximum absolute atomic E-state index is 12.3. The van der Waals surface area contributed by atoms with Crippen molar-refractivity contribution in [2.45, 2.75) is 6.54 Å². The normalized spacial score (nSPS) is 14.5. The summed E-state index contributed by atoms with van der Waals surface area (Å²) in [5.74, 6) is -0.510. The van der Waals surface area contributed by atoms with Gasteiger partial charge >= 0.3 is 0 Å². The Morgan fingerprint density at radius 1 is 1.04 bits per heavy atom. The first-order valence-electron chi connectivity index (χ1n) is 9.09. The second kappa shape index (κ2) is 9.80. The van der Waals surface area contributed by atoms with E-state index in [4.69, 9.17) is 4.74 Å². The van der Waals surface area contributed by atoms with E-state index in [1.54, 1.807) is 6.07 Å². The summed E-state index contributed by atoms with van der Waals surface area (Å²) < 4.78 is 5.30. The number of carbonyl (C=O) groups is 2. The summed E-state index contributed by atoms with van der Waals surface area (Å²) in [5.41, 5.74) is 1.67. The smallest absolute Gasteiger partial charge is 0.269 e. The first-order valence-corrected chi connectivity index (χ1v) is 9.09. The van der Waals surface area contributed by atoms with Crippen LogP contribution in [0.25, 0.3) is 0 Å². The number of amides is 2. The number of ether oxygens (including phenoxy) is 1. The van der Waals surface area contributed by atoms with Crippen LogP contribution in [0, 0.1) is 0 Å². The Hall–Kier alpha value is -2.77. The molecule has 0 aliphatic carbocycles. The van der Waals surface area contributed by atoms with Gasteiger partial charge < -0.3 is 15.4 Å². The number of hydrogen-bond acceptors (Lipinski definition) is 5. The summed E-state index contributed by atoms with van der Waals surface area (Å²) in [6.07, 6.45) is 1.48. The Labute approximate surface area is 158 Å². The summed E-state index contributed by atoms with van der Waals surface area (Å²) >= 11 is 0. The van der Waals surface area contributed by atoms with Crippen LogP contribution in [0.5, 0.6) is 0 Å². The molecule has 1 saturated heterocycles. The third-order valence-electron chi connectivity index (χ3n) is 4.37. The van der Waals surface area contributed by atoms with Crippen molar-refractivity contribution in [3.63, 3.8) is 0 Å². The molecule has 0 bridgehead atoms. The molecule has 2 amide bonds. The fourth-order valence-corrected chi connectivity index (χ4v) is 2.82. The van der Waals surface area contributed by atoms with Gasteiger partial charge in [-0.2, -0.15) is 0 Å². The van der Waals surface area contributed by atoms with Crippen LogP contribution >= 0.6 is 0 Å². The molecule has 7 heteroatoms. The molecular formula is C20H24N4O3. The third-order valence-corrected chi connectivity index (χ3v) is 4.37. The largest absolute Gasteiger partial charge is 0.379 e. The molecule has 2 N–H and O–H groups in total. The topological polar surface area (TPSA) is 83.6 Å². The van der Waals surface area contributed by atoms with E-state index < -0.39 is 0 Å². The highest BCUT2D eigenvalue weighted by Gasteiger charge is 2.13. The summed E-state index contributed by atoms with van der Waals surface area (Å²) in [5, 5.41) is 5.71. The molecule has 27 heavy (non-hydrogen) atoms. The number of aromatic nitrogens is 1. The van der Waals surface area contributed by atoms with Crippen molar-refractivity contribution in [1.29, 1.82) is 0 Å². The average Bonchev–Trinajstić information content (AvgIpc) is 2.73. The van der Waals surface area contributed by atoms with Crippen LogP contribution in [0.1, 0.15) is 26.4 Å². The van der Waals surface area contributed by atoms with Crippen molar-refractivity contribution in [2.24, 2.45) is 0 Å². The highest BCUT2D eigenvalue weighted by molar-refractivity contribution is 5.98. The molecule has 0 radical (unpaired) electrons. The van der Waals surface area contributed by atoms with E-state index in [1.807, 2.05) is 30.3 Å². The van der Waals surface area contributed by atoms with Gasteiger partial charge in [-0.15, -0.1) is 0 Å². The van der Waals surface area contributed by atoms with E-state index in [1.165, 1.54) is 12.3 Å². The molecule has 2 aromatic rings. The monoisotopic (exact) mass is 368 g/mol. The zero-order chi connectivity index (χ0) is 18.9. The molecule has 0 atom stereocenters. The predicted octanol–water partition coefficient (Wildman–Crippen LogP) is 1.07. The maximum Gasteiger partial charge on any atom is 0.269 e. The standard InChI is InChI=1S/C20H24N4O3/c25-19(23-15-16-4-2-1-3-5-16)17-6-7-21-18(14-17)20(26)22-8-9-24-10-12-27-13-11-24/h1-7,14H,8-13,15H2,(H,22,26)(H,23,25). The van der Waals surface area contributed by atoms with Gasteiger partial charge in [0.15, 0.2) is 0 Å². The second-order valence-corrected chi connectivity index (χ2v) is 6.31. The van der Waals surface area contributed by atoms with Crippen LogP contribution < -0.4 is 10.6 Å². The lowest BCUT2D eigenvalue weighted by Gasteiger charge is -2.26. The summed E-state index contributed by atoms with van der Waals surface area (Å²) in [7, 11) is 0. The van der Waals surface area contributed by atoms with Crippen LogP contribution in [0.2, 0.25) is 0 Å². The molecule has 7 nitrogen and oxygen atoms in total. The summed E-state index contributed by atoms with van der Waals surface area (Å²) in [4.78, 5) is 30.9. The van der Waals surface area contributed by atoms with Crippen LogP contribution in [-0.2, 0) is 11.3 Å². The number of carbonyl (C=O) groups excluding carboxylic acids is 2. The van der Waals surface area contributed by atoms with Crippen molar-refractivity contribution in [3.8, 4) is 0 Å². The zero-order valence-corrected chi connectivity index (χ0v) is 15.2. The molecule has 1 aliphatic heterocycles. The fraction of sp³-hybridized carbons (Fsp3) is 0.350. The number of nitrogens with one attached hydrogen (secondary N) is 2. The number of morpholine rings is 1. The number of benzene rings is 1. The van der Waals surface area contributed by atoms with Crippen molar-refractivity contribution in [3.05, 3.63) is 65.5 Å². The molecule has 142 valence electrons. The van der Waals surface area contributed by atoms with E-state index in [-0.39, 0.29) is 17.5 Å². The Kier molecular flexibility index (Phi) is 6.90. The average molecular weight is 368 g/mol. The van der Waals surface area contributed by atoms with Crippen molar-refractivity contribution >= 4 is 11.8 Å². The quantitative estimate of drug-likeness (QED) is 0.764. The van der Waals surface area contributed by atoms with Gasteiger partial charge in [0, 0.05) is 44.5 Å². The van der Waals surface area contributed by atoms with Gasteiger partial charge in [0.1, 0.15) is 5.69 Å². The lowest BCUT2D eigenvalue weighted by Crippen LogP contribution is -2.41. The number of hydrogen-bond donors (Lipinski definition) is 2. The van der Waals surface area contributed by atoms with E-state index in [0.717, 1.165) is 38.4 Å². The summed E-state index contributed by atoms with van der Waals surface area (Å²) in [6, 6.07) is 12.8. The van der Waals surface area contributed by atoms with Crippen LogP contribution in [0.15, 0.2) is 48.7 Å². The molecule has 1 fully saturated rings. The zero-order valence-electron chi connectivity index (χ0n) is 15.2. The lowest BCUT2D eigenvalue weighted by atomic mass is 10.2. The van der Waals surface area contributed by atoms with Crippen LogP contribution in [0.4, 0.5) is 0 Å². The third kappa shape index (κ3) is 5.87. The molecular weight excluding hydrogens is 344 g/mol. The van der Waals surface area contributed by atoms with Gasteiger partial charge in [-0.25, -0.2) is 0 Å². The van der Waals surface area contributed by atoms with Crippen LogP contribution in [-0.4, -0.2) is 61.1 Å². The van der Waals surface area contributed by atoms with Crippen molar-refractivity contribution in [2.75, 3.05) is 39.4 Å². The van der Waals surface area contributed by atoms with E-state index in [0.29, 0.717) is 18.7 Å². The minimum atomic E-state index is -0.277. The van der Waals surface area contributed by atoms with E-state index in [9.17, 15) is 9.59 Å². The lowest BCUT2D eigenvalue weighted by molar-refractivity contribution is 0.0383. The van der Waals surface area contributed by atoms with Crippen molar-refractivity contribution in [1.82, 2.24) is 20.5 Å². The van der Waals surface area contributed by atoms with E-state index in [2.05, 4.69) is 20.5 Å². The van der Waals surface area contributed by atoms with Gasteiger partial charge in [-0.1, -0.05) is 30.3 Å². The Balaban J connectivity index is 1.49. The van der Waals surface area contributed by atoms with E-state index >= 15 is 0 Å². The molecule has 0 saturated carbocycles. The molecule has 1 aliphatic rings. The van der Waals surface area contributed by atoms with Gasteiger partial charge in [0.2, 0.25) is 0 Å². The molecule has 0 unspecified atom stereocenters. The minimum absolute atomic E-state index is 0.233. The van der Waals surface area contributed by atoms with Gasteiger partial charge in [0.05, 0.1) is 13.2 Å². The van der Waals surface area contributed by atoms with Gasteiger partial charge in [-0.3, -0.25) is 19.5 Å². The molecule has 1 aromatic carbocycles. The molecule has 3 rings (SSSR count). The predicted molar refractivity (Wildman–Crippen MR) is 101 cm³/mol. The minimum Gasteiger partial charge on any atom is -0.379 e. The van der Waals surface area contributed by atoms with Gasteiger partial charge in [0.25, 0.3) is 11.8 Å². The Morgan fingerprint density at radius 2 is 1.81 bits per heavy atom. The molecule has 0 spiro atoms. The first-order chi connectivity index (χ1) is 13.2. The highest BCUT2D eigenvalue weighted by atomic mass is 16.5. The molecule has 2 heterocycles.